The third-order valence-electron chi connectivity index (χ3n) is 4.88. The van der Waals surface area contributed by atoms with E-state index in [0.717, 1.165) is 6.07 Å². The van der Waals surface area contributed by atoms with Crippen molar-refractivity contribution < 1.29 is 18.3 Å². The van der Waals surface area contributed by atoms with E-state index in [-0.39, 0.29) is 24.6 Å². The number of hydrogen-bond acceptors (Lipinski definition) is 6. The molecule has 3 aliphatic rings. The molecule has 0 amide bonds. The summed E-state index contributed by atoms with van der Waals surface area (Å²) in [4.78, 5) is 4.07. The van der Waals surface area contributed by atoms with Crippen LogP contribution in [0.5, 0.6) is 0 Å². The molecule has 3 unspecified atom stereocenters. The molecule has 23 heavy (non-hydrogen) atoms. The fraction of sp³-hybridized carbons (Fsp3) is 0.400. The molecule has 6 nitrogen and oxygen atoms in total. The Labute approximate surface area is 129 Å². The van der Waals surface area contributed by atoms with Crippen LogP contribution in [0.2, 0.25) is 0 Å². The zero-order chi connectivity index (χ0) is 16.5. The van der Waals surface area contributed by atoms with Crippen LogP contribution in [0.25, 0.3) is 0 Å². The van der Waals surface area contributed by atoms with Crippen LogP contribution in [0.3, 0.4) is 0 Å². The standard InChI is InChI=1S/C15H10F2N4O2/c16-8-1-2-9(10(17)5-8)11-13(6-18)12(20)21-15(14(11,13)7-19)22-3-4-23-15/h1-2,5,11H,3-4H2,(H2,20,21). The molecule has 1 saturated carbocycles. The SMILES string of the molecule is N#CC12C(N)=NC3(OCCO3)C1(C#N)C2c1ccc(F)cc1F. The maximum absolute atomic E-state index is 14.2. The fourth-order valence-corrected chi connectivity index (χ4v) is 3.92. The minimum atomic E-state index is -1.72. The molecular formula is C15H10F2N4O2. The van der Waals surface area contributed by atoms with E-state index in [0.29, 0.717) is 6.07 Å². The van der Waals surface area contributed by atoms with Gasteiger partial charge in [-0.2, -0.15) is 10.5 Å². The molecule has 0 radical (unpaired) electrons. The van der Waals surface area contributed by atoms with Gasteiger partial charge < -0.3 is 15.2 Å². The second kappa shape index (κ2) is 4.05. The van der Waals surface area contributed by atoms with Crippen LogP contribution < -0.4 is 5.73 Å². The Morgan fingerprint density at radius 3 is 2.48 bits per heavy atom. The minimum absolute atomic E-state index is 0.0193. The van der Waals surface area contributed by atoms with Crippen LogP contribution in [0.1, 0.15) is 11.5 Å². The largest absolute Gasteiger partial charge is 0.386 e. The third-order valence-corrected chi connectivity index (χ3v) is 4.88. The molecule has 1 aliphatic carbocycles. The second-order valence-corrected chi connectivity index (χ2v) is 5.71. The lowest BCUT2D eigenvalue weighted by molar-refractivity contribution is -0.184. The molecular weight excluding hydrogens is 306 g/mol. The summed E-state index contributed by atoms with van der Waals surface area (Å²) < 4.78 is 38.4. The van der Waals surface area contributed by atoms with Gasteiger partial charge in [-0.3, -0.25) is 0 Å². The smallest absolute Gasteiger partial charge is 0.293 e. The van der Waals surface area contributed by atoms with Gasteiger partial charge in [0.05, 0.1) is 25.4 Å². The third kappa shape index (κ3) is 1.26. The summed E-state index contributed by atoms with van der Waals surface area (Å²) in [5, 5.41) is 19.5. The normalized spacial score (nSPS) is 36.2. The summed E-state index contributed by atoms with van der Waals surface area (Å²) in [6.45, 7) is 0.362. The molecule has 1 aromatic rings. The Morgan fingerprint density at radius 1 is 1.22 bits per heavy atom. The van der Waals surface area contributed by atoms with Gasteiger partial charge in [0.25, 0.3) is 5.91 Å². The highest BCUT2D eigenvalue weighted by Crippen LogP contribution is 2.82. The number of amidine groups is 1. The summed E-state index contributed by atoms with van der Waals surface area (Å²) in [6, 6.07) is 7.01. The number of ether oxygens (including phenoxy) is 2. The molecule has 1 aromatic carbocycles. The van der Waals surface area contributed by atoms with Crippen LogP contribution in [-0.2, 0) is 9.47 Å². The summed E-state index contributed by atoms with van der Waals surface area (Å²) in [5.41, 5.74) is 2.79. The van der Waals surface area contributed by atoms with E-state index in [9.17, 15) is 19.3 Å². The highest BCUT2D eigenvalue weighted by atomic mass is 19.1. The van der Waals surface area contributed by atoms with Crippen LogP contribution in [0.4, 0.5) is 8.78 Å². The summed E-state index contributed by atoms with van der Waals surface area (Å²) in [6.07, 6.45) is 0. The Bertz CT molecular complexity index is 837. The van der Waals surface area contributed by atoms with Gasteiger partial charge in [-0.15, -0.1) is 0 Å². The molecule has 2 N–H and O–H groups in total. The highest BCUT2D eigenvalue weighted by Gasteiger charge is 2.94. The number of rotatable bonds is 1. The molecule has 1 saturated heterocycles. The monoisotopic (exact) mass is 316 g/mol. The quantitative estimate of drug-likeness (QED) is 0.837. The maximum atomic E-state index is 14.2. The van der Waals surface area contributed by atoms with Crippen LogP contribution in [0, 0.1) is 45.1 Å². The Hall–Kier alpha value is -2.55. The number of aliphatic imine (C=N–C) groups is 1. The van der Waals surface area contributed by atoms with Gasteiger partial charge in [-0.25, -0.2) is 13.8 Å². The zero-order valence-corrected chi connectivity index (χ0v) is 11.7. The highest BCUT2D eigenvalue weighted by molar-refractivity contribution is 6.00. The fourth-order valence-electron chi connectivity index (χ4n) is 3.92. The second-order valence-electron chi connectivity index (χ2n) is 5.71. The number of hydrogen-bond donors (Lipinski definition) is 1. The number of benzene rings is 1. The van der Waals surface area contributed by atoms with Crippen molar-refractivity contribution >= 4 is 5.84 Å². The number of nitriles is 2. The van der Waals surface area contributed by atoms with Gasteiger partial charge in [-0.1, -0.05) is 6.07 Å². The van der Waals surface area contributed by atoms with Crippen molar-refractivity contribution in [2.75, 3.05) is 13.2 Å². The van der Waals surface area contributed by atoms with Crippen molar-refractivity contribution in [3.8, 4) is 12.1 Å². The first kappa shape index (κ1) is 14.1. The molecule has 2 fully saturated rings. The molecule has 0 bridgehead atoms. The number of nitrogens with zero attached hydrogens (tertiary/aromatic N) is 3. The van der Waals surface area contributed by atoms with E-state index in [1.54, 1.807) is 0 Å². The summed E-state index contributed by atoms with van der Waals surface area (Å²) >= 11 is 0. The van der Waals surface area contributed by atoms with E-state index in [2.05, 4.69) is 4.99 Å². The minimum Gasteiger partial charge on any atom is -0.386 e. The van der Waals surface area contributed by atoms with Gasteiger partial charge in [0.15, 0.2) is 5.41 Å². The van der Waals surface area contributed by atoms with Gasteiger partial charge >= 0.3 is 0 Å². The van der Waals surface area contributed by atoms with E-state index >= 15 is 0 Å². The van der Waals surface area contributed by atoms with Gasteiger partial charge in [0.2, 0.25) is 0 Å². The Morgan fingerprint density at radius 2 is 1.91 bits per heavy atom. The maximum Gasteiger partial charge on any atom is 0.293 e. The molecule has 4 rings (SSSR count). The predicted octanol–water partition coefficient (Wildman–Crippen LogP) is 1.15. The van der Waals surface area contributed by atoms with Crippen molar-refractivity contribution in [1.29, 1.82) is 10.5 Å². The Balaban J connectivity index is 1.95. The van der Waals surface area contributed by atoms with Crippen LogP contribution in [0.15, 0.2) is 23.2 Å². The predicted molar refractivity (Wildman–Crippen MR) is 71.4 cm³/mol. The lowest BCUT2D eigenvalue weighted by atomic mass is 9.94. The van der Waals surface area contributed by atoms with E-state index in [1.165, 1.54) is 6.07 Å². The first-order chi connectivity index (χ1) is 11.0. The summed E-state index contributed by atoms with van der Waals surface area (Å²) in [7, 11) is 0. The molecule has 3 atom stereocenters. The van der Waals surface area contributed by atoms with Crippen molar-refractivity contribution in [2.45, 2.75) is 11.8 Å². The molecule has 0 aromatic heterocycles. The Kier molecular flexibility index (Phi) is 2.48. The number of halogens is 2. The molecule has 2 heterocycles. The topological polar surface area (TPSA) is 104 Å². The lowest BCUT2D eigenvalue weighted by Crippen LogP contribution is -2.38. The average Bonchev–Trinajstić information content (AvgIpc) is 2.77. The summed E-state index contributed by atoms with van der Waals surface area (Å²) in [5.74, 6) is -4.39. The van der Waals surface area contributed by atoms with Crippen LogP contribution >= 0.6 is 0 Å². The lowest BCUT2D eigenvalue weighted by Gasteiger charge is -2.25. The van der Waals surface area contributed by atoms with Crippen LogP contribution in [-0.4, -0.2) is 25.0 Å². The number of fused-ring (bicyclic) bond motifs is 2. The molecule has 1 spiro atoms. The molecule has 8 heteroatoms. The molecule has 2 aliphatic heterocycles. The average molecular weight is 316 g/mol. The first-order valence-corrected chi connectivity index (χ1v) is 6.90. The number of nitrogens with two attached hydrogens (primary N) is 1. The van der Waals surface area contributed by atoms with Crippen molar-refractivity contribution in [3.63, 3.8) is 0 Å². The van der Waals surface area contributed by atoms with Crippen molar-refractivity contribution in [3.05, 3.63) is 35.4 Å². The van der Waals surface area contributed by atoms with Gasteiger partial charge in [-0.05, 0) is 11.6 Å². The first-order valence-electron chi connectivity index (χ1n) is 6.90. The zero-order valence-electron chi connectivity index (χ0n) is 11.7. The van der Waals surface area contributed by atoms with E-state index < -0.39 is 34.3 Å². The molecule has 116 valence electrons. The van der Waals surface area contributed by atoms with E-state index in [4.69, 9.17) is 15.2 Å². The van der Waals surface area contributed by atoms with Crippen molar-refractivity contribution in [2.24, 2.45) is 21.6 Å². The van der Waals surface area contributed by atoms with Gasteiger partial charge in [0.1, 0.15) is 22.9 Å². The van der Waals surface area contributed by atoms with E-state index in [1.807, 2.05) is 12.1 Å². The van der Waals surface area contributed by atoms with Gasteiger partial charge in [0, 0.05) is 12.0 Å². The van der Waals surface area contributed by atoms with Crippen molar-refractivity contribution in [1.82, 2.24) is 0 Å².